The lowest BCUT2D eigenvalue weighted by Gasteiger charge is -2.35. The lowest BCUT2D eigenvalue weighted by molar-refractivity contribution is 0.144. The van der Waals surface area contributed by atoms with Crippen molar-refractivity contribution in [3.05, 3.63) is 34.1 Å². The van der Waals surface area contributed by atoms with Crippen molar-refractivity contribution in [1.29, 1.82) is 0 Å². The molecule has 2 rings (SSSR count). The van der Waals surface area contributed by atoms with Gasteiger partial charge in [-0.25, -0.2) is 4.39 Å². The minimum absolute atomic E-state index is 0. The third-order valence-corrected chi connectivity index (χ3v) is 3.79. The van der Waals surface area contributed by atoms with Gasteiger partial charge >= 0.3 is 0 Å². The molecule has 2 nitrogen and oxygen atoms in total. The minimum atomic E-state index is -0.185. The van der Waals surface area contributed by atoms with Crippen molar-refractivity contribution in [3.8, 4) is 0 Å². The van der Waals surface area contributed by atoms with Gasteiger partial charge < -0.3 is 5.73 Å². The van der Waals surface area contributed by atoms with Crippen LogP contribution in [0, 0.1) is 5.82 Å². The predicted octanol–water partition coefficient (Wildman–Crippen LogP) is 3.32. The Morgan fingerprint density at radius 3 is 2.78 bits per heavy atom. The average molecular weight is 338 g/mol. The molecule has 0 amide bonds. The molecule has 1 aromatic carbocycles. The van der Waals surface area contributed by atoms with Crippen molar-refractivity contribution in [2.45, 2.75) is 31.8 Å². The molecule has 1 atom stereocenters. The zero-order valence-electron chi connectivity index (χ0n) is 10.2. The molecule has 5 heteroatoms. The number of benzene rings is 1. The standard InChI is InChI=1S/C13H18BrFN2.ClH/c14-11-5-10(6-12(15)7-11)9-17-4-2-1-3-13(17)8-16;/h5-7,13H,1-4,8-9,16H2;1H. The highest BCUT2D eigenvalue weighted by Gasteiger charge is 2.21. The Morgan fingerprint density at radius 1 is 1.33 bits per heavy atom. The van der Waals surface area contributed by atoms with Gasteiger partial charge in [0.2, 0.25) is 0 Å². The number of rotatable bonds is 3. The van der Waals surface area contributed by atoms with Crippen molar-refractivity contribution in [2.75, 3.05) is 13.1 Å². The first-order chi connectivity index (χ1) is 8.19. The quantitative estimate of drug-likeness (QED) is 0.917. The Hall–Kier alpha value is -0.160. The van der Waals surface area contributed by atoms with Crippen molar-refractivity contribution in [2.24, 2.45) is 5.73 Å². The molecular weight excluding hydrogens is 319 g/mol. The van der Waals surface area contributed by atoms with Crippen LogP contribution in [0.1, 0.15) is 24.8 Å². The van der Waals surface area contributed by atoms with E-state index < -0.39 is 0 Å². The van der Waals surface area contributed by atoms with Gasteiger partial charge in [-0.2, -0.15) is 0 Å². The molecule has 0 radical (unpaired) electrons. The molecule has 1 aliphatic rings. The molecule has 0 aliphatic carbocycles. The molecule has 1 fully saturated rings. The summed E-state index contributed by atoms with van der Waals surface area (Å²) < 4.78 is 14.1. The third kappa shape index (κ3) is 4.19. The summed E-state index contributed by atoms with van der Waals surface area (Å²) in [6.07, 6.45) is 3.63. The van der Waals surface area contributed by atoms with E-state index >= 15 is 0 Å². The van der Waals surface area contributed by atoms with E-state index in [1.807, 2.05) is 6.07 Å². The second kappa shape index (κ2) is 7.43. The van der Waals surface area contributed by atoms with Crippen LogP contribution in [0.2, 0.25) is 0 Å². The monoisotopic (exact) mass is 336 g/mol. The van der Waals surface area contributed by atoms with Gasteiger partial charge in [0, 0.05) is 23.6 Å². The third-order valence-electron chi connectivity index (χ3n) is 3.33. The smallest absolute Gasteiger partial charge is 0.124 e. The van der Waals surface area contributed by atoms with E-state index in [9.17, 15) is 4.39 Å². The van der Waals surface area contributed by atoms with E-state index in [4.69, 9.17) is 5.73 Å². The van der Waals surface area contributed by atoms with Gasteiger partial charge in [0.15, 0.2) is 0 Å². The first-order valence-electron chi connectivity index (χ1n) is 6.08. The van der Waals surface area contributed by atoms with Crippen molar-refractivity contribution in [1.82, 2.24) is 4.90 Å². The maximum Gasteiger partial charge on any atom is 0.124 e. The van der Waals surface area contributed by atoms with Crippen LogP contribution in [0.4, 0.5) is 4.39 Å². The lowest BCUT2D eigenvalue weighted by atomic mass is 10.0. The number of hydrogen-bond donors (Lipinski definition) is 1. The topological polar surface area (TPSA) is 29.3 Å². The number of piperidine rings is 1. The van der Waals surface area contributed by atoms with Gasteiger partial charge in [-0.1, -0.05) is 22.4 Å². The largest absolute Gasteiger partial charge is 0.329 e. The maximum atomic E-state index is 13.3. The fourth-order valence-corrected chi connectivity index (χ4v) is 2.98. The van der Waals surface area contributed by atoms with Crippen LogP contribution in [0.5, 0.6) is 0 Å². The summed E-state index contributed by atoms with van der Waals surface area (Å²) in [5.74, 6) is -0.185. The highest BCUT2D eigenvalue weighted by atomic mass is 79.9. The second-order valence-corrected chi connectivity index (χ2v) is 5.55. The molecule has 1 aromatic rings. The van der Waals surface area contributed by atoms with E-state index in [1.165, 1.54) is 18.9 Å². The molecule has 1 aliphatic heterocycles. The Morgan fingerprint density at radius 2 is 2.11 bits per heavy atom. The van der Waals surface area contributed by atoms with E-state index in [0.717, 1.165) is 29.5 Å². The van der Waals surface area contributed by atoms with Gasteiger partial charge in [0.05, 0.1) is 0 Å². The first kappa shape index (κ1) is 15.9. The van der Waals surface area contributed by atoms with Gasteiger partial charge in [-0.05, 0) is 43.1 Å². The molecule has 0 spiro atoms. The zero-order valence-corrected chi connectivity index (χ0v) is 12.6. The number of nitrogens with two attached hydrogens (primary N) is 1. The van der Waals surface area contributed by atoms with Crippen LogP contribution in [0.3, 0.4) is 0 Å². The fourth-order valence-electron chi connectivity index (χ4n) is 2.47. The molecule has 1 heterocycles. The molecule has 1 saturated heterocycles. The molecule has 0 bridgehead atoms. The summed E-state index contributed by atoms with van der Waals surface area (Å²) in [5.41, 5.74) is 6.79. The first-order valence-corrected chi connectivity index (χ1v) is 6.87. The average Bonchev–Trinajstić information content (AvgIpc) is 2.28. The summed E-state index contributed by atoms with van der Waals surface area (Å²) in [6.45, 7) is 2.55. The normalized spacial score (nSPS) is 20.5. The van der Waals surface area contributed by atoms with Crippen LogP contribution in [0.15, 0.2) is 22.7 Å². The van der Waals surface area contributed by atoms with Crippen LogP contribution < -0.4 is 5.73 Å². The molecule has 0 saturated carbocycles. The molecule has 0 aromatic heterocycles. The zero-order chi connectivity index (χ0) is 12.3. The van der Waals surface area contributed by atoms with E-state index in [-0.39, 0.29) is 18.2 Å². The highest BCUT2D eigenvalue weighted by Crippen LogP contribution is 2.21. The van der Waals surface area contributed by atoms with Crippen LogP contribution in [-0.4, -0.2) is 24.0 Å². The number of nitrogens with zero attached hydrogens (tertiary/aromatic N) is 1. The molecule has 2 N–H and O–H groups in total. The Kier molecular flexibility index (Phi) is 6.57. The summed E-state index contributed by atoms with van der Waals surface area (Å²) in [4.78, 5) is 2.37. The van der Waals surface area contributed by atoms with Gasteiger partial charge in [0.1, 0.15) is 5.82 Å². The number of likely N-dealkylation sites (tertiary alicyclic amines) is 1. The summed E-state index contributed by atoms with van der Waals surface area (Å²) in [5, 5.41) is 0. The Bertz CT molecular complexity index is 369. The number of hydrogen-bond acceptors (Lipinski definition) is 2. The summed E-state index contributed by atoms with van der Waals surface area (Å²) in [7, 11) is 0. The second-order valence-electron chi connectivity index (χ2n) is 4.63. The van der Waals surface area contributed by atoms with E-state index in [1.54, 1.807) is 6.07 Å². The van der Waals surface area contributed by atoms with Crippen LogP contribution in [-0.2, 0) is 6.54 Å². The van der Waals surface area contributed by atoms with Crippen molar-refractivity contribution < 1.29 is 4.39 Å². The van der Waals surface area contributed by atoms with Gasteiger partial charge in [0.25, 0.3) is 0 Å². The minimum Gasteiger partial charge on any atom is -0.329 e. The predicted molar refractivity (Wildman–Crippen MR) is 78.5 cm³/mol. The van der Waals surface area contributed by atoms with Crippen LogP contribution >= 0.6 is 28.3 Å². The molecular formula is C13H19BrClFN2. The molecule has 18 heavy (non-hydrogen) atoms. The maximum absolute atomic E-state index is 13.3. The van der Waals surface area contributed by atoms with Crippen molar-refractivity contribution >= 4 is 28.3 Å². The Labute approximate surface area is 122 Å². The van der Waals surface area contributed by atoms with Gasteiger partial charge in [-0.15, -0.1) is 12.4 Å². The van der Waals surface area contributed by atoms with Crippen LogP contribution in [0.25, 0.3) is 0 Å². The summed E-state index contributed by atoms with van der Waals surface area (Å²) >= 11 is 3.33. The summed E-state index contributed by atoms with van der Waals surface area (Å²) in [6, 6.07) is 5.52. The van der Waals surface area contributed by atoms with E-state index in [0.29, 0.717) is 12.6 Å². The number of halogens is 3. The SMILES string of the molecule is Cl.NCC1CCCCN1Cc1cc(F)cc(Br)c1. The Balaban J connectivity index is 0.00000162. The lowest BCUT2D eigenvalue weighted by Crippen LogP contribution is -2.43. The van der Waals surface area contributed by atoms with Crippen molar-refractivity contribution in [3.63, 3.8) is 0 Å². The molecule has 102 valence electrons. The molecule has 1 unspecified atom stereocenters. The van der Waals surface area contributed by atoms with Gasteiger partial charge in [-0.3, -0.25) is 4.90 Å². The van der Waals surface area contributed by atoms with E-state index in [2.05, 4.69) is 20.8 Å². The highest BCUT2D eigenvalue weighted by molar-refractivity contribution is 9.10. The fraction of sp³-hybridized carbons (Fsp3) is 0.538.